The molecule has 1 aliphatic carbocycles. The number of rotatable bonds is 6. The van der Waals surface area contributed by atoms with E-state index in [1.165, 1.54) is 19.8 Å². The van der Waals surface area contributed by atoms with Gasteiger partial charge in [0.05, 0.1) is 5.56 Å². The van der Waals surface area contributed by atoms with Crippen LogP contribution in [0.1, 0.15) is 35.7 Å². The molecule has 0 unspecified atom stereocenters. The summed E-state index contributed by atoms with van der Waals surface area (Å²) < 4.78 is 5.46. The molecule has 1 aromatic rings. The van der Waals surface area contributed by atoms with Gasteiger partial charge in [0.2, 0.25) is 0 Å². The van der Waals surface area contributed by atoms with Crippen LogP contribution in [0.4, 0.5) is 0 Å². The third kappa shape index (κ3) is 4.09. The van der Waals surface area contributed by atoms with Crippen LogP contribution in [-0.4, -0.2) is 24.8 Å². The molecule has 1 aliphatic rings. The molecule has 0 radical (unpaired) electrons. The van der Waals surface area contributed by atoms with Crippen LogP contribution in [0, 0.1) is 12.8 Å². The summed E-state index contributed by atoms with van der Waals surface area (Å²) in [5.74, 6) is 0.932. The van der Waals surface area contributed by atoms with Gasteiger partial charge in [0.25, 0.3) is 5.91 Å². The zero-order valence-corrected chi connectivity index (χ0v) is 11.4. The maximum atomic E-state index is 11.6. The summed E-state index contributed by atoms with van der Waals surface area (Å²) in [7, 11) is 0. The predicted octanol–water partition coefficient (Wildman–Crippen LogP) is 2.10. The minimum absolute atomic E-state index is 0.0452. The molecular weight excluding hydrogens is 242 g/mol. The molecule has 19 heavy (non-hydrogen) atoms. The Kier molecular flexibility index (Phi) is 4.20. The van der Waals surface area contributed by atoms with E-state index in [9.17, 15) is 9.59 Å². The molecule has 2 rings (SSSR count). The van der Waals surface area contributed by atoms with E-state index < -0.39 is 0 Å². The number of hydrogen-bond donors (Lipinski definition) is 1. The Morgan fingerprint density at radius 2 is 2.11 bits per heavy atom. The standard InChI is InChI=1S/C15H19NO3/c1-10-3-6-13(11(2)17)14(7-10)19-9-15(18)16-8-12-4-5-12/h3,6-7,12H,4-5,8-9H2,1-2H3,(H,16,18). The van der Waals surface area contributed by atoms with E-state index in [0.717, 1.165) is 12.1 Å². The normalized spacial score (nSPS) is 14.0. The number of aryl methyl sites for hydroxylation is 1. The fourth-order valence-corrected chi connectivity index (χ4v) is 1.81. The minimum Gasteiger partial charge on any atom is -0.483 e. The number of amides is 1. The van der Waals surface area contributed by atoms with Gasteiger partial charge in [-0.1, -0.05) is 6.07 Å². The minimum atomic E-state index is -0.136. The Morgan fingerprint density at radius 1 is 1.37 bits per heavy atom. The largest absolute Gasteiger partial charge is 0.483 e. The molecule has 0 bridgehead atoms. The molecule has 1 amide bonds. The Morgan fingerprint density at radius 3 is 2.74 bits per heavy atom. The summed E-state index contributed by atoms with van der Waals surface area (Å²) in [5.41, 5.74) is 1.51. The van der Waals surface area contributed by atoms with E-state index in [2.05, 4.69) is 5.32 Å². The smallest absolute Gasteiger partial charge is 0.257 e. The van der Waals surface area contributed by atoms with Crippen LogP contribution in [-0.2, 0) is 4.79 Å². The summed E-state index contributed by atoms with van der Waals surface area (Å²) >= 11 is 0. The van der Waals surface area contributed by atoms with Gasteiger partial charge in [-0.15, -0.1) is 0 Å². The molecule has 0 aliphatic heterocycles. The summed E-state index contributed by atoms with van der Waals surface area (Å²) in [6, 6.07) is 5.37. The van der Waals surface area contributed by atoms with Gasteiger partial charge in [-0.2, -0.15) is 0 Å². The van der Waals surface area contributed by atoms with Gasteiger partial charge in [-0.25, -0.2) is 0 Å². The molecule has 102 valence electrons. The highest BCUT2D eigenvalue weighted by molar-refractivity contribution is 5.97. The average molecular weight is 261 g/mol. The molecule has 1 N–H and O–H groups in total. The van der Waals surface area contributed by atoms with Crippen LogP contribution in [0.3, 0.4) is 0 Å². The van der Waals surface area contributed by atoms with Gasteiger partial charge in [0, 0.05) is 6.54 Å². The van der Waals surface area contributed by atoms with Gasteiger partial charge in [0.15, 0.2) is 12.4 Å². The molecule has 0 saturated heterocycles. The van der Waals surface area contributed by atoms with Crippen molar-refractivity contribution in [1.29, 1.82) is 0 Å². The van der Waals surface area contributed by atoms with Crippen molar-refractivity contribution < 1.29 is 14.3 Å². The molecule has 0 aromatic heterocycles. The first-order chi connectivity index (χ1) is 9.06. The van der Waals surface area contributed by atoms with Crippen LogP contribution >= 0.6 is 0 Å². The Hall–Kier alpha value is -1.84. The van der Waals surface area contributed by atoms with E-state index in [4.69, 9.17) is 4.74 Å². The Bertz CT molecular complexity index is 492. The zero-order valence-electron chi connectivity index (χ0n) is 11.4. The highest BCUT2D eigenvalue weighted by Crippen LogP contribution is 2.27. The number of Topliss-reactive ketones (excluding diaryl/α,β-unsaturated/α-hetero) is 1. The third-order valence-corrected chi connectivity index (χ3v) is 3.16. The van der Waals surface area contributed by atoms with Crippen molar-refractivity contribution >= 4 is 11.7 Å². The van der Waals surface area contributed by atoms with E-state index in [0.29, 0.717) is 17.2 Å². The Balaban J connectivity index is 1.91. The van der Waals surface area contributed by atoms with Crippen molar-refractivity contribution in [3.8, 4) is 5.75 Å². The predicted molar refractivity (Wildman–Crippen MR) is 72.4 cm³/mol. The van der Waals surface area contributed by atoms with Crippen molar-refractivity contribution in [2.24, 2.45) is 5.92 Å². The second-order valence-electron chi connectivity index (χ2n) is 5.09. The molecule has 1 aromatic carbocycles. The first kappa shape index (κ1) is 13.6. The zero-order chi connectivity index (χ0) is 13.8. The quantitative estimate of drug-likeness (QED) is 0.798. The first-order valence-corrected chi connectivity index (χ1v) is 6.57. The summed E-state index contributed by atoms with van der Waals surface area (Å²) in [6.07, 6.45) is 2.40. The summed E-state index contributed by atoms with van der Waals surface area (Å²) in [4.78, 5) is 23.1. The SMILES string of the molecule is CC(=O)c1ccc(C)cc1OCC(=O)NCC1CC1. The number of benzene rings is 1. The number of carbonyl (C=O) groups is 2. The van der Waals surface area contributed by atoms with Gasteiger partial charge in [-0.3, -0.25) is 9.59 Å². The molecule has 1 fully saturated rings. The van der Waals surface area contributed by atoms with Crippen LogP contribution in [0.2, 0.25) is 0 Å². The van der Waals surface area contributed by atoms with Crippen molar-refractivity contribution in [2.45, 2.75) is 26.7 Å². The van der Waals surface area contributed by atoms with E-state index in [1.807, 2.05) is 13.0 Å². The average Bonchev–Trinajstić information content (AvgIpc) is 3.17. The lowest BCUT2D eigenvalue weighted by atomic mass is 10.1. The van der Waals surface area contributed by atoms with Gasteiger partial charge < -0.3 is 10.1 Å². The number of ether oxygens (including phenoxy) is 1. The van der Waals surface area contributed by atoms with Crippen molar-refractivity contribution in [1.82, 2.24) is 5.32 Å². The molecule has 1 saturated carbocycles. The lowest BCUT2D eigenvalue weighted by molar-refractivity contribution is -0.123. The van der Waals surface area contributed by atoms with Crippen molar-refractivity contribution in [2.75, 3.05) is 13.2 Å². The van der Waals surface area contributed by atoms with Crippen molar-refractivity contribution in [3.63, 3.8) is 0 Å². The molecule has 0 heterocycles. The number of ketones is 1. The lowest BCUT2D eigenvalue weighted by Gasteiger charge is -2.10. The van der Waals surface area contributed by atoms with Crippen LogP contribution < -0.4 is 10.1 Å². The maximum Gasteiger partial charge on any atom is 0.257 e. The van der Waals surface area contributed by atoms with E-state index >= 15 is 0 Å². The molecule has 0 spiro atoms. The van der Waals surface area contributed by atoms with Crippen LogP contribution in [0.5, 0.6) is 5.75 Å². The Labute approximate surface area is 113 Å². The topological polar surface area (TPSA) is 55.4 Å². The maximum absolute atomic E-state index is 11.6. The molecule has 4 heteroatoms. The molecular formula is C15H19NO3. The third-order valence-electron chi connectivity index (χ3n) is 3.16. The van der Waals surface area contributed by atoms with E-state index in [-0.39, 0.29) is 18.3 Å². The highest BCUT2D eigenvalue weighted by Gasteiger charge is 2.21. The monoisotopic (exact) mass is 261 g/mol. The molecule has 0 atom stereocenters. The highest BCUT2D eigenvalue weighted by atomic mass is 16.5. The fraction of sp³-hybridized carbons (Fsp3) is 0.467. The lowest BCUT2D eigenvalue weighted by Crippen LogP contribution is -2.30. The molecule has 4 nitrogen and oxygen atoms in total. The van der Waals surface area contributed by atoms with Gasteiger partial charge in [0.1, 0.15) is 5.75 Å². The summed E-state index contributed by atoms with van der Waals surface area (Å²) in [5, 5.41) is 2.83. The fourth-order valence-electron chi connectivity index (χ4n) is 1.81. The van der Waals surface area contributed by atoms with Crippen molar-refractivity contribution in [3.05, 3.63) is 29.3 Å². The summed E-state index contributed by atoms with van der Waals surface area (Å²) in [6.45, 7) is 4.10. The number of hydrogen-bond acceptors (Lipinski definition) is 3. The first-order valence-electron chi connectivity index (χ1n) is 6.57. The second kappa shape index (κ2) is 5.87. The number of carbonyl (C=O) groups excluding carboxylic acids is 2. The second-order valence-corrected chi connectivity index (χ2v) is 5.09. The van der Waals surface area contributed by atoms with Gasteiger partial charge >= 0.3 is 0 Å². The number of nitrogens with one attached hydrogen (secondary N) is 1. The van der Waals surface area contributed by atoms with E-state index in [1.54, 1.807) is 12.1 Å². The van der Waals surface area contributed by atoms with Gasteiger partial charge in [-0.05, 0) is 50.3 Å². The van der Waals surface area contributed by atoms with Crippen LogP contribution in [0.15, 0.2) is 18.2 Å². The van der Waals surface area contributed by atoms with Crippen LogP contribution in [0.25, 0.3) is 0 Å².